The van der Waals surface area contributed by atoms with E-state index < -0.39 is 0 Å². The Bertz CT molecular complexity index is 275. The quantitative estimate of drug-likeness (QED) is 0.761. The maximum Gasteiger partial charge on any atom is 0.223 e. The van der Waals surface area contributed by atoms with Gasteiger partial charge in [0.25, 0.3) is 0 Å². The highest BCUT2D eigenvalue weighted by Gasteiger charge is 2.35. The van der Waals surface area contributed by atoms with Crippen LogP contribution in [0.1, 0.15) is 52.4 Å². The van der Waals surface area contributed by atoms with Gasteiger partial charge in [0.05, 0.1) is 0 Å². The molecular weight excluding hydrogens is 224 g/mol. The van der Waals surface area contributed by atoms with Crippen LogP contribution in [0.25, 0.3) is 0 Å². The second-order valence-electron chi connectivity index (χ2n) is 6.34. The molecule has 3 nitrogen and oxygen atoms in total. The molecule has 1 aliphatic carbocycles. The zero-order valence-corrected chi connectivity index (χ0v) is 11.9. The molecule has 1 aliphatic heterocycles. The average Bonchev–Trinajstić information content (AvgIpc) is 3.21. The summed E-state index contributed by atoms with van der Waals surface area (Å²) in [5, 5.41) is 6.66. The lowest BCUT2D eigenvalue weighted by Gasteiger charge is -2.38. The Morgan fingerprint density at radius 1 is 1.39 bits per heavy atom. The molecule has 0 radical (unpaired) electrons. The minimum atomic E-state index is 0.227. The lowest BCUT2D eigenvalue weighted by Crippen LogP contribution is -2.45. The van der Waals surface area contributed by atoms with Crippen LogP contribution >= 0.6 is 0 Å². The highest BCUT2D eigenvalue weighted by molar-refractivity contribution is 5.78. The maximum absolute atomic E-state index is 12.1. The van der Waals surface area contributed by atoms with E-state index >= 15 is 0 Å². The molecule has 0 spiro atoms. The first kappa shape index (κ1) is 13.9. The summed E-state index contributed by atoms with van der Waals surface area (Å²) in [7, 11) is 0. The van der Waals surface area contributed by atoms with E-state index in [1.54, 1.807) is 0 Å². The molecule has 0 aromatic carbocycles. The largest absolute Gasteiger partial charge is 0.355 e. The third-order valence-corrected chi connectivity index (χ3v) is 4.82. The van der Waals surface area contributed by atoms with Gasteiger partial charge in [-0.1, -0.05) is 20.3 Å². The Balaban J connectivity index is 1.82. The molecule has 1 atom stereocenters. The molecule has 2 fully saturated rings. The second kappa shape index (κ2) is 6.05. The van der Waals surface area contributed by atoms with Gasteiger partial charge in [-0.2, -0.15) is 0 Å². The van der Waals surface area contributed by atoms with E-state index in [2.05, 4.69) is 24.5 Å². The van der Waals surface area contributed by atoms with Gasteiger partial charge in [-0.3, -0.25) is 4.79 Å². The van der Waals surface area contributed by atoms with Crippen LogP contribution in [0.3, 0.4) is 0 Å². The molecular formula is C15H28N2O. The summed E-state index contributed by atoms with van der Waals surface area (Å²) in [5.41, 5.74) is 0.360. The fraction of sp³-hybridized carbons (Fsp3) is 0.933. The van der Waals surface area contributed by atoms with Crippen molar-refractivity contribution in [2.45, 2.75) is 52.4 Å². The molecule has 1 amide bonds. The van der Waals surface area contributed by atoms with Gasteiger partial charge < -0.3 is 10.6 Å². The Kier molecular flexibility index (Phi) is 4.66. The van der Waals surface area contributed by atoms with Gasteiger partial charge >= 0.3 is 0 Å². The number of piperidine rings is 1. The molecule has 3 heteroatoms. The Hall–Kier alpha value is -0.570. The van der Waals surface area contributed by atoms with Gasteiger partial charge in [-0.05, 0) is 56.5 Å². The minimum absolute atomic E-state index is 0.227. The molecule has 2 rings (SSSR count). The summed E-state index contributed by atoms with van der Waals surface area (Å²) in [5.74, 6) is 1.18. The van der Waals surface area contributed by atoms with Gasteiger partial charge in [-0.15, -0.1) is 0 Å². The monoisotopic (exact) mass is 252 g/mol. The summed E-state index contributed by atoms with van der Waals surface area (Å²) in [6.45, 7) is 7.43. The van der Waals surface area contributed by atoms with Crippen LogP contribution < -0.4 is 10.6 Å². The standard InChI is InChI=1S/C15H28N2O/c1-3-6-15(7-9-16-10-8-15)11-17-14(18)12(2)13-4-5-13/h12-13,16H,3-11H2,1-2H3,(H,17,18). The first-order valence-corrected chi connectivity index (χ1v) is 7.65. The van der Waals surface area contributed by atoms with Crippen molar-refractivity contribution in [3.8, 4) is 0 Å². The van der Waals surface area contributed by atoms with Crippen LogP contribution in [0, 0.1) is 17.3 Å². The lowest BCUT2D eigenvalue weighted by molar-refractivity contribution is -0.125. The van der Waals surface area contributed by atoms with Crippen LogP contribution in [-0.4, -0.2) is 25.5 Å². The first-order chi connectivity index (χ1) is 8.67. The number of hydrogen-bond acceptors (Lipinski definition) is 2. The van der Waals surface area contributed by atoms with E-state index in [0.29, 0.717) is 11.3 Å². The topological polar surface area (TPSA) is 41.1 Å². The van der Waals surface area contributed by atoms with Gasteiger partial charge in [0, 0.05) is 12.5 Å². The number of carbonyl (C=O) groups is 1. The van der Waals surface area contributed by atoms with Gasteiger partial charge in [0.2, 0.25) is 5.91 Å². The third-order valence-electron chi connectivity index (χ3n) is 4.82. The van der Waals surface area contributed by atoms with Crippen LogP contribution in [0.4, 0.5) is 0 Å². The van der Waals surface area contributed by atoms with E-state index in [1.807, 2.05) is 0 Å². The molecule has 1 unspecified atom stereocenters. The summed E-state index contributed by atoms with van der Waals surface area (Å²) in [6.07, 6.45) is 7.37. The van der Waals surface area contributed by atoms with Gasteiger partial charge in [0.15, 0.2) is 0 Å². The molecule has 0 aromatic heterocycles. The summed E-state index contributed by atoms with van der Waals surface area (Å²) in [4.78, 5) is 12.1. The smallest absolute Gasteiger partial charge is 0.223 e. The van der Waals surface area contributed by atoms with E-state index in [1.165, 1.54) is 38.5 Å². The molecule has 0 bridgehead atoms. The van der Waals surface area contributed by atoms with Gasteiger partial charge in [-0.25, -0.2) is 0 Å². The van der Waals surface area contributed by atoms with Crippen LogP contribution in [0.5, 0.6) is 0 Å². The maximum atomic E-state index is 12.1. The molecule has 0 aromatic rings. The summed E-state index contributed by atoms with van der Waals surface area (Å²) in [6, 6.07) is 0. The normalized spacial score (nSPS) is 24.6. The molecule has 18 heavy (non-hydrogen) atoms. The highest BCUT2D eigenvalue weighted by atomic mass is 16.1. The SMILES string of the molecule is CCCC1(CNC(=O)C(C)C2CC2)CCNCC1. The number of amides is 1. The van der Waals surface area contributed by atoms with Crippen molar-refractivity contribution in [1.82, 2.24) is 10.6 Å². The van der Waals surface area contributed by atoms with Crippen LogP contribution in [0.2, 0.25) is 0 Å². The number of hydrogen-bond donors (Lipinski definition) is 2. The van der Waals surface area contributed by atoms with E-state index in [4.69, 9.17) is 0 Å². The van der Waals surface area contributed by atoms with Gasteiger partial charge in [0.1, 0.15) is 0 Å². The van der Waals surface area contributed by atoms with Crippen molar-refractivity contribution in [3.63, 3.8) is 0 Å². The average molecular weight is 252 g/mol. The molecule has 1 saturated heterocycles. The predicted octanol–water partition coefficient (Wildman–Crippen LogP) is 2.32. The van der Waals surface area contributed by atoms with E-state index in [9.17, 15) is 4.79 Å². The summed E-state index contributed by atoms with van der Waals surface area (Å²) < 4.78 is 0. The minimum Gasteiger partial charge on any atom is -0.355 e. The van der Waals surface area contributed by atoms with Crippen LogP contribution in [-0.2, 0) is 4.79 Å². The fourth-order valence-electron chi connectivity index (χ4n) is 3.25. The number of carbonyl (C=O) groups excluding carboxylic acids is 1. The summed E-state index contributed by atoms with van der Waals surface area (Å²) >= 11 is 0. The van der Waals surface area contributed by atoms with Crippen molar-refractivity contribution < 1.29 is 4.79 Å². The van der Waals surface area contributed by atoms with E-state index in [-0.39, 0.29) is 11.8 Å². The van der Waals surface area contributed by atoms with Crippen molar-refractivity contribution in [1.29, 1.82) is 0 Å². The Morgan fingerprint density at radius 2 is 2.06 bits per heavy atom. The molecule has 2 N–H and O–H groups in total. The zero-order valence-electron chi connectivity index (χ0n) is 11.9. The van der Waals surface area contributed by atoms with Crippen LogP contribution in [0.15, 0.2) is 0 Å². The third kappa shape index (κ3) is 3.47. The Morgan fingerprint density at radius 3 is 2.61 bits per heavy atom. The zero-order chi connectivity index (χ0) is 13.0. The first-order valence-electron chi connectivity index (χ1n) is 7.65. The second-order valence-corrected chi connectivity index (χ2v) is 6.34. The molecule has 1 heterocycles. The van der Waals surface area contributed by atoms with Crippen molar-refractivity contribution >= 4 is 5.91 Å². The highest BCUT2D eigenvalue weighted by Crippen LogP contribution is 2.37. The predicted molar refractivity (Wildman–Crippen MR) is 74.3 cm³/mol. The van der Waals surface area contributed by atoms with Crippen molar-refractivity contribution in [2.75, 3.05) is 19.6 Å². The number of rotatable bonds is 6. The molecule has 104 valence electrons. The Labute approximate surface area is 111 Å². The lowest BCUT2D eigenvalue weighted by atomic mass is 9.75. The fourth-order valence-corrected chi connectivity index (χ4v) is 3.25. The van der Waals surface area contributed by atoms with E-state index in [0.717, 1.165) is 19.6 Å². The van der Waals surface area contributed by atoms with Crippen molar-refractivity contribution in [3.05, 3.63) is 0 Å². The number of nitrogens with one attached hydrogen (secondary N) is 2. The molecule has 1 saturated carbocycles. The van der Waals surface area contributed by atoms with Crippen molar-refractivity contribution in [2.24, 2.45) is 17.3 Å². The molecule has 2 aliphatic rings.